The Balaban J connectivity index is 1.57. The average Bonchev–Trinajstić information content (AvgIpc) is 3.06. The largest absolute Gasteiger partial charge is 0.477 e. The predicted octanol–water partition coefficient (Wildman–Crippen LogP) is 1.05. The van der Waals surface area contributed by atoms with E-state index in [0.29, 0.717) is 63.9 Å². The maximum Gasteiger partial charge on any atom is 0.354 e. The minimum Gasteiger partial charge on any atom is -0.477 e. The standard InChI is InChI=1S/C32H42N8O5/c1-22-13-26(35-28(15-22)30(41)34-5-4-33)19-37-6-7-38(20-27-14-23(2)16-29(36-27)32(44)45)9-11-39(10-8-37)21-40-17-24(3)12-25(18-40)31(42)43/h12-18H,4-11,19-21,33H2,1-3H3,(H2-,34,41,42,43,44,45)/p+1. The number of carbonyl (C=O) groups is 3. The van der Waals surface area contributed by atoms with Gasteiger partial charge in [-0.25, -0.2) is 24.5 Å². The molecule has 4 rings (SSSR count). The Labute approximate surface area is 263 Å². The van der Waals surface area contributed by atoms with Crippen LogP contribution in [0, 0.1) is 20.8 Å². The zero-order valence-electron chi connectivity index (χ0n) is 26.2. The molecular formula is C32H43N8O5+. The van der Waals surface area contributed by atoms with Crippen molar-refractivity contribution in [3.05, 3.63) is 87.8 Å². The third kappa shape index (κ3) is 10.1. The van der Waals surface area contributed by atoms with E-state index in [1.807, 2.05) is 43.7 Å². The molecule has 1 aliphatic heterocycles. The molecule has 1 saturated heterocycles. The molecule has 3 aromatic rings. The molecule has 0 saturated carbocycles. The minimum atomic E-state index is -1.06. The number of carboxylic acid groups (broad SMARTS) is 2. The van der Waals surface area contributed by atoms with E-state index in [0.717, 1.165) is 42.0 Å². The number of aromatic carboxylic acids is 2. The van der Waals surface area contributed by atoms with Crippen molar-refractivity contribution in [3.63, 3.8) is 0 Å². The summed E-state index contributed by atoms with van der Waals surface area (Å²) in [5, 5.41) is 21.9. The molecule has 0 aromatic carbocycles. The lowest BCUT2D eigenvalue weighted by Crippen LogP contribution is -2.47. The van der Waals surface area contributed by atoms with E-state index in [-0.39, 0.29) is 17.2 Å². The number of carboxylic acids is 2. The van der Waals surface area contributed by atoms with Gasteiger partial charge in [0.2, 0.25) is 6.67 Å². The monoisotopic (exact) mass is 619 g/mol. The molecule has 1 fully saturated rings. The summed E-state index contributed by atoms with van der Waals surface area (Å²) in [6.07, 6.45) is 3.59. The Morgan fingerprint density at radius 1 is 0.756 bits per heavy atom. The molecule has 45 heavy (non-hydrogen) atoms. The zero-order chi connectivity index (χ0) is 32.5. The lowest BCUT2D eigenvalue weighted by atomic mass is 10.2. The van der Waals surface area contributed by atoms with Gasteiger partial charge in [-0.3, -0.25) is 14.6 Å². The first kappa shape index (κ1) is 33.6. The number of aromatic nitrogens is 3. The quantitative estimate of drug-likeness (QED) is 0.226. The van der Waals surface area contributed by atoms with Crippen LogP contribution in [-0.4, -0.2) is 105 Å². The number of aryl methyl sites for hydroxylation is 3. The van der Waals surface area contributed by atoms with Crippen molar-refractivity contribution < 1.29 is 29.2 Å². The third-order valence-electron chi connectivity index (χ3n) is 7.56. The van der Waals surface area contributed by atoms with Crippen LogP contribution >= 0.6 is 0 Å². The Hall–Kier alpha value is -4.30. The molecule has 240 valence electrons. The molecule has 0 unspecified atom stereocenters. The topological polar surface area (TPSA) is 169 Å². The molecule has 1 amide bonds. The van der Waals surface area contributed by atoms with Gasteiger partial charge in [-0.1, -0.05) is 0 Å². The third-order valence-corrected chi connectivity index (χ3v) is 7.56. The first-order chi connectivity index (χ1) is 21.5. The van der Waals surface area contributed by atoms with Crippen molar-refractivity contribution in [2.24, 2.45) is 5.73 Å². The molecule has 0 bridgehead atoms. The van der Waals surface area contributed by atoms with Gasteiger partial charge in [-0.05, 0) is 62.2 Å². The highest BCUT2D eigenvalue weighted by molar-refractivity contribution is 5.92. The number of rotatable bonds is 11. The van der Waals surface area contributed by atoms with Crippen molar-refractivity contribution >= 4 is 17.8 Å². The highest BCUT2D eigenvalue weighted by atomic mass is 16.4. The van der Waals surface area contributed by atoms with Crippen molar-refractivity contribution in [3.8, 4) is 0 Å². The first-order valence-electron chi connectivity index (χ1n) is 15.1. The van der Waals surface area contributed by atoms with Gasteiger partial charge in [-0.2, -0.15) is 4.57 Å². The Morgan fingerprint density at radius 2 is 1.29 bits per heavy atom. The van der Waals surface area contributed by atoms with Gasteiger partial charge in [0.25, 0.3) is 5.91 Å². The minimum absolute atomic E-state index is 0.0272. The Morgan fingerprint density at radius 3 is 1.82 bits per heavy atom. The van der Waals surface area contributed by atoms with Crippen molar-refractivity contribution in [2.45, 2.75) is 40.5 Å². The van der Waals surface area contributed by atoms with Crippen LogP contribution in [0.2, 0.25) is 0 Å². The maximum atomic E-state index is 12.6. The van der Waals surface area contributed by atoms with Crippen molar-refractivity contribution in [2.75, 3.05) is 52.4 Å². The van der Waals surface area contributed by atoms with E-state index >= 15 is 0 Å². The van der Waals surface area contributed by atoms with E-state index in [4.69, 9.17) is 5.73 Å². The van der Waals surface area contributed by atoms with Crippen LogP contribution in [0.25, 0.3) is 0 Å². The van der Waals surface area contributed by atoms with E-state index in [9.17, 15) is 24.6 Å². The molecule has 0 radical (unpaired) electrons. The summed E-state index contributed by atoms with van der Waals surface area (Å²) in [6.45, 7) is 12.2. The van der Waals surface area contributed by atoms with Gasteiger partial charge < -0.3 is 21.3 Å². The van der Waals surface area contributed by atoms with Gasteiger partial charge in [0.1, 0.15) is 17.0 Å². The lowest BCUT2D eigenvalue weighted by Gasteiger charge is -2.25. The maximum absolute atomic E-state index is 12.6. The van der Waals surface area contributed by atoms with Gasteiger partial charge in [0.05, 0.1) is 11.4 Å². The molecule has 0 spiro atoms. The SMILES string of the molecule is Cc1cc(CN2CCN(Cc3cc(C)cc(C(=O)NCCN)n3)CCN(C[n+]3cc(C)cc(C(=O)O)c3)CC2)nc(C(=O)O)c1. The predicted molar refractivity (Wildman–Crippen MR) is 167 cm³/mol. The smallest absolute Gasteiger partial charge is 0.354 e. The fraction of sp³-hybridized carbons (Fsp3) is 0.438. The molecule has 0 aliphatic carbocycles. The highest BCUT2D eigenvalue weighted by Gasteiger charge is 2.22. The molecule has 5 N–H and O–H groups in total. The molecule has 13 nitrogen and oxygen atoms in total. The van der Waals surface area contributed by atoms with E-state index in [1.54, 1.807) is 24.4 Å². The van der Waals surface area contributed by atoms with E-state index in [1.165, 1.54) is 0 Å². The normalized spacial score (nSPS) is 15.2. The van der Waals surface area contributed by atoms with Crippen LogP contribution in [0.1, 0.15) is 59.4 Å². The van der Waals surface area contributed by atoms with Gasteiger partial charge in [0.15, 0.2) is 12.4 Å². The summed E-state index contributed by atoms with van der Waals surface area (Å²) in [5.74, 6) is -2.28. The van der Waals surface area contributed by atoms with E-state index in [2.05, 4.69) is 30.0 Å². The van der Waals surface area contributed by atoms with Gasteiger partial charge >= 0.3 is 11.9 Å². The Bertz CT molecular complexity index is 1450. The lowest BCUT2D eigenvalue weighted by molar-refractivity contribution is -0.716. The fourth-order valence-electron chi connectivity index (χ4n) is 5.47. The van der Waals surface area contributed by atoms with Gasteiger partial charge in [-0.15, -0.1) is 0 Å². The summed E-state index contributed by atoms with van der Waals surface area (Å²) in [7, 11) is 0. The number of hydrogen-bond donors (Lipinski definition) is 4. The van der Waals surface area contributed by atoms with Gasteiger partial charge in [0, 0.05) is 71.0 Å². The van der Waals surface area contributed by atoms with Crippen LogP contribution in [0.3, 0.4) is 0 Å². The number of amides is 1. The number of hydrogen-bond acceptors (Lipinski definition) is 9. The second-order valence-electron chi connectivity index (χ2n) is 11.6. The summed E-state index contributed by atoms with van der Waals surface area (Å²) in [5.41, 5.74) is 10.3. The molecule has 1 aliphatic rings. The molecule has 3 aromatic heterocycles. The first-order valence-corrected chi connectivity index (χ1v) is 15.1. The van der Waals surface area contributed by atoms with Crippen molar-refractivity contribution in [1.82, 2.24) is 30.0 Å². The Kier molecular flexibility index (Phi) is 11.7. The number of nitrogens with two attached hydrogens (primary N) is 1. The highest BCUT2D eigenvalue weighted by Crippen LogP contribution is 2.13. The van der Waals surface area contributed by atoms with Crippen molar-refractivity contribution in [1.29, 1.82) is 0 Å². The summed E-state index contributed by atoms with van der Waals surface area (Å²) >= 11 is 0. The summed E-state index contributed by atoms with van der Waals surface area (Å²) in [6, 6.07) is 8.89. The van der Waals surface area contributed by atoms with Crippen LogP contribution in [0.5, 0.6) is 0 Å². The van der Waals surface area contributed by atoms with E-state index < -0.39 is 11.9 Å². The number of carbonyl (C=O) groups excluding carboxylic acids is 1. The number of nitrogens with zero attached hydrogens (tertiary/aromatic N) is 6. The average molecular weight is 620 g/mol. The van der Waals surface area contributed by atoms with Crippen LogP contribution in [-0.2, 0) is 19.8 Å². The van der Waals surface area contributed by atoms with Crippen LogP contribution in [0.15, 0.2) is 42.7 Å². The molecule has 4 heterocycles. The zero-order valence-corrected chi connectivity index (χ0v) is 26.2. The number of nitrogens with one attached hydrogen (secondary N) is 1. The summed E-state index contributed by atoms with van der Waals surface area (Å²) in [4.78, 5) is 51.8. The van der Waals surface area contributed by atoms with Crippen LogP contribution < -0.4 is 15.6 Å². The summed E-state index contributed by atoms with van der Waals surface area (Å²) < 4.78 is 1.90. The molecule has 13 heteroatoms. The fourth-order valence-corrected chi connectivity index (χ4v) is 5.47. The molecule has 0 atom stereocenters. The number of pyridine rings is 3. The molecular weight excluding hydrogens is 576 g/mol. The van der Waals surface area contributed by atoms with Crippen LogP contribution in [0.4, 0.5) is 0 Å². The second-order valence-corrected chi connectivity index (χ2v) is 11.6. The second kappa shape index (κ2) is 15.6.